The summed E-state index contributed by atoms with van der Waals surface area (Å²) in [6.07, 6.45) is 5.03. The van der Waals surface area contributed by atoms with Crippen molar-refractivity contribution in [1.82, 2.24) is 4.57 Å². The number of nitrogens with zero attached hydrogens (tertiary/aromatic N) is 3. The Labute approximate surface area is 282 Å². The zero-order valence-corrected chi connectivity index (χ0v) is 27.4. The molecule has 7 aromatic rings. The van der Waals surface area contributed by atoms with Crippen LogP contribution >= 0.6 is 0 Å². The largest absolute Gasteiger partial charge is 0.335 e. The monoisotopic (exact) mass is 617 g/mol. The Hall–Kier alpha value is -5.22. The topological polar surface area (TPSA) is 11.4 Å². The Balaban J connectivity index is 1.31. The summed E-state index contributed by atoms with van der Waals surface area (Å²) in [6, 6.07) is 50.1. The van der Waals surface area contributed by atoms with Crippen molar-refractivity contribution < 1.29 is 0 Å². The van der Waals surface area contributed by atoms with Gasteiger partial charge in [-0.3, -0.25) is 0 Å². The number of fused-ring (bicyclic) bond motifs is 12. The predicted octanol–water partition coefficient (Wildman–Crippen LogP) is 9.14. The zero-order chi connectivity index (χ0) is 31.8. The minimum Gasteiger partial charge on any atom is -0.335 e. The Bertz CT molecular complexity index is 2470. The highest BCUT2D eigenvalue weighted by Gasteiger charge is 2.61. The molecule has 48 heavy (non-hydrogen) atoms. The van der Waals surface area contributed by atoms with Gasteiger partial charge in [0.25, 0.3) is 6.71 Å². The summed E-state index contributed by atoms with van der Waals surface area (Å²) in [6.45, 7) is 5.27. The zero-order valence-electron chi connectivity index (χ0n) is 27.4. The normalized spacial score (nSPS) is 21.7. The van der Waals surface area contributed by atoms with Crippen molar-refractivity contribution in [3.05, 3.63) is 139 Å². The quantitative estimate of drug-likeness (QED) is 0.179. The molecule has 0 spiro atoms. The van der Waals surface area contributed by atoms with Crippen LogP contribution in [0.4, 0.5) is 28.4 Å². The molecule has 3 aliphatic heterocycles. The Morgan fingerprint density at radius 2 is 1.27 bits per heavy atom. The second kappa shape index (κ2) is 9.23. The predicted molar refractivity (Wildman–Crippen MR) is 203 cm³/mol. The summed E-state index contributed by atoms with van der Waals surface area (Å²) in [4.78, 5) is 5.41. The molecule has 1 aliphatic carbocycles. The lowest BCUT2D eigenvalue weighted by Gasteiger charge is -2.52. The second-order valence-corrected chi connectivity index (χ2v) is 14.8. The number of hydrogen-bond acceptors (Lipinski definition) is 2. The maximum atomic E-state index is 2.81. The van der Waals surface area contributed by atoms with Crippen molar-refractivity contribution in [2.24, 2.45) is 0 Å². The van der Waals surface area contributed by atoms with Gasteiger partial charge in [-0.2, -0.15) is 0 Å². The maximum absolute atomic E-state index is 2.81. The van der Waals surface area contributed by atoms with Crippen LogP contribution in [-0.2, 0) is 5.41 Å². The van der Waals surface area contributed by atoms with Gasteiger partial charge in [-0.05, 0) is 90.2 Å². The number of aromatic nitrogens is 1. The highest BCUT2D eigenvalue weighted by molar-refractivity contribution is 7.00. The third kappa shape index (κ3) is 3.08. The van der Waals surface area contributed by atoms with Gasteiger partial charge in [-0.1, -0.05) is 105 Å². The first kappa shape index (κ1) is 26.8. The van der Waals surface area contributed by atoms with Gasteiger partial charge in [0.2, 0.25) is 0 Å². The first-order valence-electron chi connectivity index (χ1n) is 17.6. The van der Waals surface area contributed by atoms with E-state index < -0.39 is 0 Å². The Morgan fingerprint density at radius 1 is 0.562 bits per heavy atom. The summed E-state index contributed by atoms with van der Waals surface area (Å²) in [5.41, 5.74) is 16.3. The number of hydrogen-bond donors (Lipinski definition) is 0. The molecule has 2 atom stereocenters. The highest BCUT2D eigenvalue weighted by atomic mass is 15.3. The molecule has 4 aliphatic rings. The van der Waals surface area contributed by atoms with Gasteiger partial charge >= 0.3 is 0 Å². The molecule has 2 unspecified atom stereocenters. The van der Waals surface area contributed by atoms with Crippen LogP contribution in [-0.4, -0.2) is 16.8 Å². The van der Waals surface area contributed by atoms with E-state index in [1.54, 1.807) is 5.56 Å². The third-order valence-electron chi connectivity index (χ3n) is 12.7. The van der Waals surface area contributed by atoms with Crippen LogP contribution < -0.4 is 26.2 Å². The highest BCUT2D eigenvalue weighted by Crippen LogP contribution is 2.62. The van der Waals surface area contributed by atoms with Gasteiger partial charge in [0.15, 0.2) is 0 Å². The van der Waals surface area contributed by atoms with E-state index in [4.69, 9.17) is 0 Å². The fraction of sp³-hybridized carbons (Fsp3) is 0.182. The summed E-state index contributed by atoms with van der Waals surface area (Å²) in [5, 5.41) is 2.60. The van der Waals surface area contributed by atoms with Crippen LogP contribution in [0.25, 0.3) is 27.5 Å². The smallest absolute Gasteiger partial charge is 0.252 e. The minimum absolute atomic E-state index is 0.0364. The fourth-order valence-corrected chi connectivity index (χ4v) is 10.4. The molecule has 1 aromatic heterocycles. The first-order chi connectivity index (χ1) is 23.6. The molecule has 230 valence electrons. The van der Waals surface area contributed by atoms with Crippen LogP contribution in [0.3, 0.4) is 0 Å². The van der Waals surface area contributed by atoms with Crippen LogP contribution in [0.5, 0.6) is 0 Å². The molecular formula is C44H36BN3. The lowest BCUT2D eigenvalue weighted by atomic mass is 9.33. The number of benzene rings is 6. The number of rotatable bonds is 2. The van der Waals surface area contributed by atoms with E-state index in [-0.39, 0.29) is 17.7 Å². The third-order valence-corrected chi connectivity index (χ3v) is 12.7. The lowest BCUT2D eigenvalue weighted by molar-refractivity contribution is 0.195. The standard InChI is InChI=1S/C44H36BN3/c1-43-27-13-14-28-44(43,2)48-36-22-12-10-20-33(36)45-34-24-26-37-39(31-19-9-11-21-35(31)46(37)29-15-5-3-6-16-29)42(34)47(30-17-7-4-8-18-30)38-25-23-32(43)41(48)40(38)45/h3-12,15-26H,13-14,27-28H2,1-2H3. The van der Waals surface area contributed by atoms with E-state index in [1.165, 1.54) is 98.0 Å². The molecule has 0 amide bonds. The SMILES string of the molecule is CC12CCCCC1(C)N1c3ccccc3B3c4ccc5c(c4N(c4ccccc4)c4ccc2c1c43)c1ccccc1n5-c1ccccc1. The van der Waals surface area contributed by atoms with E-state index in [1.807, 2.05) is 0 Å². The van der Waals surface area contributed by atoms with Gasteiger partial charge in [-0.25, -0.2) is 0 Å². The van der Waals surface area contributed by atoms with Crippen LogP contribution in [0.2, 0.25) is 0 Å². The molecule has 6 aromatic carbocycles. The van der Waals surface area contributed by atoms with Gasteiger partial charge in [-0.15, -0.1) is 0 Å². The van der Waals surface area contributed by atoms with E-state index in [0.29, 0.717) is 0 Å². The molecule has 3 nitrogen and oxygen atoms in total. The first-order valence-corrected chi connectivity index (χ1v) is 17.6. The lowest BCUT2D eigenvalue weighted by Crippen LogP contribution is -2.64. The fourth-order valence-electron chi connectivity index (χ4n) is 10.4. The summed E-state index contributed by atoms with van der Waals surface area (Å²) in [5.74, 6) is 0. The number of para-hydroxylation sites is 4. The van der Waals surface area contributed by atoms with Crippen molar-refractivity contribution in [3.8, 4) is 5.69 Å². The van der Waals surface area contributed by atoms with Gasteiger partial charge in [0, 0.05) is 44.6 Å². The Kier molecular flexibility index (Phi) is 5.15. The van der Waals surface area contributed by atoms with Gasteiger partial charge in [0.1, 0.15) is 0 Å². The molecule has 11 rings (SSSR count). The molecule has 0 radical (unpaired) electrons. The molecule has 1 saturated carbocycles. The van der Waals surface area contributed by atoms with Crippen LogP contribution in [0.15, 0.2) is 133 Å². The number of anilines is 5. The van der Waals surface area contributed by atoms with Crippen LogP contribution in [0.1, 0.15) is 45.1 Å². The minimum atomic E-state index is 0.0364. The van der Waals surface area contributed by atoms with Crippen molar-refractivity contribution in [2.75, 3.05) is 9.80 Å². The molecular weight excluding hydrogens is 581 g/mol. The van der Waals surface area contributed by atoms with E-state index in [2.05, 4.69) is 162 Å². The van der Waals surface area contributed by atoms with E-state index >= 15 is 0 Å². The summed E-state index contributed by atoms with van der Waals surface area (Å²) in [7, 11) is 0. The van der Waals surface area contributed by atoms with Crippen molar-refractivity contribution >= 4 is 73.3 Å². The summed E-state index contributed by atoms with van der Waals surface area (Å²) >= 11 is 0. The molecule has 4 heterocycles. The van der Waals surface area contributed by atoms with Gasteiger partial charge in [0.05, 0.1) is 22.3 Å². The van der Waals surface area contributed by atoms with E-state index in [0.717, 1.165) is 0 Å². The average Bonchev–Trinajstić information content (AvgIpc) is 3.58. The molecule has 1 fully saturated rings. The maximum Gasteiger partial charge on any atom is 0.252 e. The molecule has 4 heteroatoms. The van der Waals surface area contributed by atoms with Gasteiger partial charge < -0.3 is 14.4 Å². The van der Waals surface area contributed by atoms with Crippen molar-refractivity contribution in [3.63, 3.8) is 0 Å². The van der Waals surface area contributed by atoms with Crippen molar-refractivity contribution in [2.45, 2.75) is 50.5 Å². The molecule has 0 bridgehead atoms. The Morgan fingerprint density at radius 3 is 2.10 bits per heavy atom. The van der Waals surface area contributed by atoms with Crippen molar-refractivity contribution in [1.29, 1.82) is 0 Å². The molecule has 0 N–H and O–H groups in total. The summed E-state index contributed by atoms with van der Waals surface area (Å²) < 4.78 is 2.45. The van der Waals surface area contributed by atoms with E-state index in [9.17, 15) is 0 Å². The molecule has 0 saturated heterocycles. The van der Waals surface area contributed by atoms with Crippen LogP contribution in [0, 0.1) is 0 Å². The second-order valence-electron chi connectivity index (χ2n) is 14.8. The average molecular weight is 618 g/mol.